The second kappa shape index (κ2) is 13.2. The van der Waals surface area contributed by atoms with Crippen LogP contribution in [0, 0.1) is 20.8 Å². The third-order valence-corrected chi connectivity index (χ3v) is 12.3. The van der Waals surface area contributed by atoms with E-state index in [0.29, 0.717) is 19.4 Å². The van der Waals surface area contributed by atoms with Crippen molar-refractivity contribution in [2.75, 3.05) is 13.2 Å². The standard InChI is InChI=1S/C37H48IN3O10/c1-35(2,3)48-27(43)14-13-24(19-42)39-32(44)25-8-5-15-40(25)34(46)36-17-26-28-29(50-37(49-28,21-9-10-21)22-11-12-22)31(36)51-41(30(36)33(45)47-26)18-20-6-4-7-23(38)16-20/h4,6-7,16,21-22,24-26,28-31,42H,5,8-15,17-19H2,1-3H3,(H,39,44). The van der Waals surface area contributed by atoms with Crippen molar-refractivity contribution in [1.29, 1.82) is 0 Å². The fraction of sp³-hybridized carbons (Fsp3) is 0.730. The number of ether oxygens (including phenoxy) is 4. The van der Waals surface area contributed by atoms with E-state index in [1.54, 1.807) is 30.7 Å². The molecule has 2 bridgehead atoms. The van der Waals surface area contributed by atoms with Crippen molar-refractivity contribution in [2.24, 2.45) is 17.3 Å². The number of aliphatic hydroxyl groups excluding tert-OH is 1. The molecular formula is C37H48IN3O10. The zero-order valence-corrected chi connectivity index (χ0v) is 31.5. The molecule has 4 saturated heterocycles. The minimum atomic E-state index is -1.37. The maximum atomic E-state index is 15.3. The predicted octanol–water partition coefficient (Wildman–Crippen LogP) is 2.98. The van der Waals surface area contributed by atoms with Crippen LogP contribution in [0.3, 0.4) is 0 Å². The van der Waals surface area contributed by atoms with E-state index >= 15 is 4.79 Å². The van der Waals surface area contributed by atoms with Crippen molar-refractivity contribution in [3.8, 4) is 0 Å². The van der Waals surface area contributed by atoms with Gasteiger partial charge in [-0.1, -0.05) is 12.1 Å². The summed E-state index contributed by atoms with van der Waals surface area (Å²) in [7, 11) is 0. The van der Waals surface area contributed by atoms with Crippen molar-refractivity contribution >= 4 is 46.3 Å². The first-order chi connectivity index (χ1) is 24.3. The SMILES string of the molecule is CC(C)(C)OC(=O)CCC(CO)NC(=O)C1CCCN1C(=O)C12CC3OC(=O)C1N(Cc1cccc(I)c1)OC2C1OC(C2CC2)(C2CC2)OC31. The van der Waals surface area contributed by atoms with Crippen LogP contribution in [0.4, 0.5) is 0 Å². The number of rotatable bonds is 11. The lowest BCUT2D eigenvalue weighted by Gasteiger charge is -2.50. The molecule has 4 aliphatic heterocycles. The normalized spacial score (nSPS) is 34.5. The molecule has 7 aliphatic rings. The van der Waals surface area contributed by atoms with Gasteiger partial charge in [0.1, 0.15) is 41.5 Å². The largest absolute Gasteiger partial charge is 0.460 e. The van der Waals surface area contributed by atoms with Gasteiger partial charge in [0.25, 0.3) is 0 Å². The monoisotopic (exact) mass is 821 g/mol. The van der Waals surface area contributed by atoms with Crippen LogP contribution in [0.25, 0.3) is 0 Å². The van der Waals surface area contributed by atoms with Crippen molar-refractivity contribution in [3.05, 3.63) is 33.4 Å². The fourth-order valence-electron chi connectivity index (χ4n) is 9.20. The van der Waals surface area contributed by atoms with E-state index in [1.165, 1.54) is 0 Å². The van der Waals surface area contributed by atoms with Crippen LogP contribution in [-0.2, 0) is 49.5 Å². The van der Waals surface area contributed by atoms with E-state index < -0.39 is 77.2 Å². The van der Waals surface area contributed by atoms with Crippen molar-refractivity contribution < 1.29 is 48.1 Å². The van der Waals surface area contributed by atoms with E-state index in [1.807, 2.05) is 24.3 Å². The average molecular weight is 822 g/mol. The lowest BCUT2D eigenvalue weighted by molar-refractivity contribution is -0.235. The van der Waals surface area contributed by atoms with Gasteiger partial charge in [-0.25, -0.2) is 0 Å². The number of aliphatic hydroxyl groups is 1. The summed E-state index contributed by atoms with van der Waals surface area (Å²) in [6.45, 7) is 5.55. The van der Waals surface area contributed by atoms with Crippen LogP contribution < -0.4 is 5.32 Å². The highest BCUT2D eigenvalue weighted by atomic mass is 127. The van der Waals surface area contributed by atoms with Gasteiger partial charge in [0.2, 0.25) is 11.8 Å². The van der Waals surface area contributed by atoms with E-state index in [9.17, 15) is 19.5 Å². The minimum absolute atomic E-state index is 0.0214. The summed E-state index contributed by atoms with van der Waals surface area (Å²) < 4.78 is 26.4. The Labute approximate surface area is 311 Å². The smallest absolute Gasteiger partial charge is 0.327 e. The van der Waals surface area contributed by atoms with Crippen molar-refractivity contribution in [1.82, 2.24) is 15.3 Å². The van der Waals surface area contributed by atoms with Crippen LogP contribution >= 0.6 is 22.6 Å². The number of carbonyl (C=O) groups is 4. The minimum Gasteiger partial charge on any atom is -0.460 e. The van der Waals surface area contributed by atoms with Gasteiger partial charge in [0.15, 0.2) is 11.8 Å². The fourth-order valence-corrected chi connectivity index (χ4v) is 9.81. The van der Waals surface area contributed by atoms with Gasteiger partial charge in [-0.15, -0.1) is 0 Å². The average Bonchev–Trinajstić information content (AvgIpc) is 3.99. The molecule has 7 fully saturated rings. The zero-order valence-electron chi connectivity index (χ0n) is 29.4. The summed E-state index contributed by atoms with van der Waals surface area (Å²) in [5.74, 6) is -1.92. The Bertz CT molecular complexity index is 1570. The van der Waals surface area contributed by atoms with E-state index in [0.717, 1.165) is 34.8 Å². The molecule has 278 valence electrons. The van der Waals surface area contributed by atoms with Crippen LogP contribution in [-0.4, -0.2) is 106 Å². The number of hydrogen-bond donors (Lipinski definition) is 2. The number of fused-ring (bicyclic) bond motifs is 4. The maximum absolute atomic E-state index is 15.3. The molecule has 8 unspecified atom stereocenters. The first kappa shape index (κ1) is 35.6. The van der Waals surface area contributed by atoms with Gasteiger partial charge in [-0.05, 0) is 106 Å². The topological polar surface area (TPSA) is 153 Å². The molecule has 0 spiro atoms. The number of carbonyl (C=O) groups excluding carboxylic acids is 4. The number of esters is 2. The van der Waals surface area contributed by atoms with Crippen LogP contribution in [0.2, 0.25) is 0 Å². The summed E-state index contributed by atoms with van der Waals surface area (Å²) in [5.41, 5.74) is -1.09. The molecule has 1 aromatic rings. The van der Waals surface area contributed by atoms with Crippen LogP contribution in [0.5, 0.6) is 0 Å². The Morgan fingerprint density at radius 2 is 1.82 bits per heavy atom. The Balaban J connectivity index is 1.08. The lowest BCUT2D eigenvalue weighted by Crippen LogP contribution is -2.70. The van der Waals surface area contributed by atoms with Gasteiger partial charge in [-0.3, -0.25) is 24.0 Å². The number of nitrogens with one attached hydrogen (secondary N) is 1. The highest BCUT2D eigenvalue weighted by Crippen LogP contribution is 2.64. The molecule has 8 rings (SSSR count). The Morgan fingerprint density at radius 1 is 1.10 bits per heavy atom. The predicted molar refractivity (Wildman–Crippen MR) is 187 cm³/mol. The van der Waals surface area contributed by atoms with E-state index in [4.69, 9.17) is 23.8 Å². The summed E-state index contributed by atoms with van der Waals surface area (Å²) in [4.78, 5) is 64.0. The number of hydroxylamine groups is 2. The van der Waals surface area contributed by atoms with Gasteiger partial charge in [-0.2, -0.15) is 5.06 Å². The molecule has 4 heterocycles. The molecular weight excluding hydrogens is 773 g/mol. The molecule has 2 N–H and O–H groups in total. The van der Waals surface area contributed by atoms with Gasteiger partial charge >= 0.3 is 11.9 Å². The number of hydrogen-bond acceptors (Lipinski definition) is 11. The summed E-state index contributed by atoms with van der Waals surface area (Å²) in [6.07, 6.45) is 2.74. The number of benzene rings is 1. The molecule has 0 radical (unpaired) electrons. The molecule has 3 saturated carbocycles. The van der Waals surface area contributed by atoms with Crippen molar-refractivity contribution in [3.63, 3.8) is 0 Å². The maximum Gasteiger partial charge on any atom is 0.327 e. The van der Waals surface area contributed by atoms with Crippen LogP contribution in [0.1, 0.15) is 84.1 Å². The molecule has 0 aromatic heterocycles. The molecule has 51 heavy (non-hydrogen) atoms. The zero-order chi connectivity index (χ0) is 35.9. The molecule has 14 heteroatoms. The second-order valence-electron chi connectivity index (χ2n) is 16.5. The number of likely N-dealkylation sites (tertiary alicyclic amines) is 1. The van der Waals surface area contributed by atoms with Gasteiger partial charge in [0, 0.05) is 34.8 Å². The first-order valence-corrected chi connectivity index (χ1v) is 19.6. The number of amides is 2. The van der Waals surface area contributed by atoms with Crippen LogP contribution in [0.15, 0.2) is 24.3 Å². The number of nitrogens with zero attached hydrogens (tertiary/aromatic N) is 2. The molecule has 8 atom stereocenters. The highest BCUT2D eigenvalue weighted by Gasteiger charge is 2.78. The van der Waals surface area contributed by atoms with Crippen molar-refractivity contribution in [2.45, 2.75) is 139 Å². The third kappa shape index (κ3) is 6.38. The van der Waals surface area contributed by atoms with Gasteiger partial charge in [0.05, 0.1) is 19.2 Å². The Kier molecular flexibility index (Phi) is 9.22. The first-order valence-electron chi connectivity index (χ1n) is 18.5. The molecule has 1 aromatic carbocycles. The third-order valence-electron chi connectivity index (χ3n) is 11.6. The molecule has 3 aliphatic carbocycles. The van der Waals surface area contributed by atoms with E-state index in [-0.39, 0.29) is 50.2 Å². The summed E-state index contributed by atoms with van der Waals surface area (Å²) >= 11 is 2.25. The molecule has 13 nitrogen and oxygen atoms in total. The Hall–Kier alpha value is -2.37. The summed E-state index contributed by atoms with van der Waals surface area (Å²) in [5, 5.41) is 14.6. The highest BCUT2D eigenvalue weighted by molar-refractivity contribution is 14.1. The van der Waals surface area contributed by atoms with Gasteiger partial charge < -0.3 is 34.3 Å². The Morgan fingerprint density at radius 3 is 2.49 bits per heavy atom. The lowest BCUT2D eigenvalue weighted by atomic mass is 9.62. The number of halogens is 1. The molecule has 2 amide bonds. The second-order valence-corrected chi connectivity index (χ2v) is 17.7. The van der Waals surface area contributed by atoms with E-state index in [2.05, 4.69) is 27.9 Å². The quantitative estimate of drug-likeness (QED) is 0.251. The summed E-state index contributed by atoms with van der Waals surface area (Å²) in [6, 6.07) is 5.34.